The van der Waals surface area contributed by atoms with E-state index in [1.165, 1.54) is 11.8 Å². The maximum Gasteiger partial charge on any atom is 0.234 e. The lowest BCUT2D eigenvalue weighted by Crippen LogP contribution is -2.18. The molecule has 1 aromatic carbocycles. The lowest BCUT2D eigenvalue weighted by atomic mass is 9.92. The van der Waals surface area contributed by atoms with Gasteiger partial charge < -0.3 is 10.1 Å². The van der Waals surface area contributed by atoms with E-state index in [9.17, 15) is 4.79 Å². The lowest BCUT2D eigenvalue weighted by Gasteiger charge is -2.20. The van der Waals surface area contributed by atoms with Gasteiger partial charge >= 0.3 is 0 Å². The second-order valence-electron chi connectivity index (χ2n) is 8.14. The summed E-state index contributed by atoms with van der Waals surface area (Å²) in [6, 6.07) is 10.0. The quantitative estimate of drug-likeness (QED) is 0.437. The highest BCUT2D eigenvalue weighted by molar-refractivity contribution is 7.99. The zero-order chi connectivity index (χ0) is 23.1. The molecule has 0 spiro atoms. The molecule has 0 bridgehead atoms. The van der Waals surface area contributed by atoms with Crippen molar-refractivity contribution in [3.05, 3.63) is 53.9 Å². The number of pyridine rings is 1. The van der Waals surface area contributed by atoms with Gasteiger partial charge in [-0.2, -0.15) is 0 Å². The second-order valence-corrected chi connectivity index (χ2v) is 9.09. The molecule has 0 aliphatic rings. The molecular formula is C24H31N5O2S. The number of ether oxygens (including phenoxy) is 1. The molecule has 0 saturated carbocycles. The van der Waals surface area contributed by atoms with Crippen LogP contribution < -0.4 is 5.32 Å². The summed E-state index contributed by atoms with van der Waals surface area (Å²) in [6.45, 7) is 9.69. The van der Waals surface area contributed by atoms with Crippen LogP contribution in [0.25, 0.3) is 11.4 Å². The first-order valence-electron chi connectivity index (χ1n) is 10.8. The normalized spacial score (nSPS) is 11.3. The number of benzene rings is 1. The molecule has 7 nitrogen and oxygen atoms in total. The van der Waals surface area contributed by atoms with Crippen molar-refractivity contribution in [3.63, 3.8) is 0 Å². The van der Waals surface area contributed by atoms with Crippen molar-refractivity contribution in [1.29, 1.82) is 0 Å². The van der Waals surface area contributed by atoms with Crippen molar-refractivity contribution in [2.24, 2.45) is 0 Å². The van der Waals surface area contributed by atoms with E-state index >= 15 is 0 Å². The minimum absolute atomic E-state index is 0.0586. The van der Waals surface area contributed by atoms with Crippen LogP contribution in [-0.4, -0.2) is 45.1 Å². The van der Waals surface area contributed by atoms with Crippen LogP contribution in [0.4, 0.5) is 5.69 Å². The number of hydrogen-bond acceptors (Lipinski definition) is 6. The van der Waals surface area contributed by atoms with Gasteiger partial charge in [-0.3, -0.25) is 14.3 Å². The molecule has 3 rings (SSSR count). The van der Waals surface area contributed by atoms with E-state index in [2.05, 4.69) is 66.4 Å². The molecule has 32 heavy (non-hydrogen) atoms. The first kappa shape index (κ1) is 23.9. The number of anilines is 1. The molecule has 2 heterocycles. The van der Waals surface area contributed by atoms with Crippen molar-refractivity contribution in [1.82, 2.24) is 19.7 Å². The van der Waals surface area contributed by atoms with Gasteiger partial charge in [0.05, 0.1) is 18.9 Å². The zero-order valence-electron chi connectivity index (χ0n) is 19.3. The second kappa shape index (κ2) is 11.2. The number of aromatic nitrogens is 4. The van der Waals surface area contributed by atoms with Crippen LogP contribution in [0.5, 0.6) is 0 Å². The maximum atomic E-state index is 12.9. The Kier molecular flexibility index (Phi) is 8.41. The van der Waals surface area contributed by atoms with Crippen LogP contribution in [0.1, 0.15) is 50.7 Å². The minimum Gasteiger partial charge on any atom is -0.383 e. The summed E-state index contributed by atoms with van der Waals surface area (Å²) in [4.78, 5) is 17.0. The molecule has 0 radical (unpaired) electrons. The average molecular weight is 454 g/mol. The average Bonchev–Trinajstić information content (AvgIpc) is 3.19. The van der Waals surface area contributed by atoms with E-state index in [-0.39, 0.29) is 11.7 Å². The van der Waals surface area contributed by atoms with Crippen molar-refractivity contribution in [2.75, 3.05) is 24.8 Å². The van der Waals surface area contributed by atoms with Crippen LogP contribution in [0.3, 0.4) is 0 Å². The molecule has 3 aromatic rings. The Morgan fingerprint density at radius 2 is 1.72 bits per heavy atom. The Bertz CT molecular complexity index is 1010. The molecule has 1 amide bonds. The standard InChI is InChI=1S/C24H31N5O2S/c1-16(2)19-7-6-8-20(17(3)4)22(19)26-21(30)15-32-24-28-27-23(29(24)13-14-31-5)18-9-11-25-12-10-18/h6-12,16-17H,13-15H2,1-5H3,(H,26,30). The summed E-state index contributed by atoms with van der Waals surface area (Å²) >= 11 is 1.37. The first-order valence-corrected chi connectivity index (χ1v) is 11.8. The van der Waals surface area contributed by atoms with Crippen LogP contribution in [0.15, 0.2) is 47.9 Å². The van der Waals surface area contributed by atoms with Gasteiger partial charge in [0.2, 0.25) is 5.91 Å². The van der Waals surface area contributed by atoms with E-state index < -0.39 is 0 Å². The SMILES string of the molecule is COCCn1c(SCC(=O)Nc2c(C(C)C)cccc2C(C)C)nnc1-c1ccncc1. The van der Waals surface area contributed by atoms with Gasteiger partial charge in [-0.05, 0) is 35.1 Å². The maximum absolute atomic E-state index is 12.9. The van der Waals surface area contributed by atoms with Crippen LogP contribution in [0, 0.1) is 0 Å². The van der Waals surface area contributed by atoms with Crippen LogP contribution >= 0.6 is 11.8 Å². The van der Waals surface area contributed by atoms with Crippen LogP contribution in [-0.2, 0) is 16.1 Å². The molecule has 2 aromatic heterocycles. The highest BCUT2D eigenvalue weighted by Crippen LogP contribution is 2.32. The number of hydrogen-bond donors (Lipinski definition) is 1. The Morgan fingerprint density at radius 1 is 1.06 bits per heavy atom. The van der Waals surface area contributed by atoms with Gasteiger partial charge in [-0.25, -0.2) is 0 Å². The number of amides is 1. The highest BCUT2D eigenvalue weighted by atomic mass is 32.2. The number of nitrogens with one attached hydrogen (secondary N) is 1. The fraction of sp³-hybridized carbons (Fsp3) is 0.417. The number of thioether (sulfide) groups is 1. The van der Waals surface area contributed by atoms with Gasteiger partial charge in [-0.15, -0.1) is 10.2 Å². The zero-order valence-corrected chi connectivity index (χ0v) is 20.1. The predicted molar refractivity (Wildman–Crippen MR) is 129 cm³/mol. The Balaban J connectivity index is 1.78. The van der Waals surface area contributed by atoms with E-state index in [1.807, 2.05) is 16.7 Å². The van der Waals surface area contributed by atoms with Crippen molar-refractivity contribution < 1.29 is 9.53 Å². The van der Waals surface area contributed by atoms with E-state index in [0.29, 0.717) is 30.1 Å². The Hall–Kier alpha value is -2.71. The molecule has 0 aliphatic carbocycles. The topological polar surface area (TPSA) is 81.9 Å². The summed E-state index contributed by atoms with van der Waals surface area (Å²) in [5.41, 5.74) is 4.16. The van der Waals surface area contributed by atoms with E-state index in [4.69, 9.17) is 4.74 Å². The van der Waals surface area contributed by atoms with Gasteiger partial charge in [0, 0.05) is 30.8 Å². The Morgan fingerprint density at radius 3 is 2.31 bits per heavy atom. The van der Waals surface area contributed by atoms with Gasteiger partial charge in [0.15, 0.2) is 11.0 Å². The summed E-state index contributed by atoms with van der Waals surface area (Å²) in [5, 5.41) is 12.5. The van der Waals surface area contributed by atoms with E-state index in [0.717, 1.165) is 28.2 Å². The third-order valence-corrected chi connectivity index (χ3v) is 6.11. The van der Waals surface area contributed by atoms with Gasteiger partial charge in [0.1, 0.15) is 0 Å². The monoisotopic (exact) mass is 453 g/mol. The summed E-state index contributed by atoms with van der Waals surface area (Å²) in [6.07, 6.45) is 3.45. The van der Waals surface area contributed by atoms with Crippen LogP contribution in [0.2, 0.25) is 0 Å². The fourth-order valence-electron chi connectivity index (χ4n) is 3.50. The number of methoxy groups -OCH3 is 1. The van der Waals surface area contributed by atoms with Gasteiger partial charge in [-0.1, -0.05) is 57.7 Å². The molecule has 0 atom stereocenters. The molecule has 0 unspecified atom stereocenters. The van der Waals surface area contributed by atoms with Crippen molar-refractivity contribution in [3.8, 4) is 11.4 Å². The number of nitrogens with zero attached hydrogens (tertiary/aromatic N) is 4. The summed E-state index contributed by atoms with van der Waals surface area (Å²) < 4.78 is 7.24. The fourth-order valence-corrected chi connectivity index (χ4v) is 4.26. The number of carbonyl (C=O) groups excluding carboxylic acids is 1. The van der Waals surface area contributed by atoms with Gasteiger partial charge in [0.25, 0.3) is 0 Å². The summed E-state index contributed by atoms with van der Waals surface area (Å²) in [5.74, 6) is 1.55. The largest absolute Gasteiger partial charge is 0.383 e. The molecule has 0 fully saturated rings. The molecular weight excluding hydrogens is 422 g/mol. The lowest BCUT2D eigenvalue weighted by molar-refractivity contribution is -0.113. The highest BCUT2D eigenvalue weighted by Gasteiger charge is 2.18. The van der Waals surface area contributed by atoms with Crippen molar-refractivity contribution >= 4 is 23.4 Å². The number of rotatable bonds is 10. The number of carbonyl (C=O) groups is 1. The minimum atomic E-state index is -0.0586. The van der Waals surface area contributed by atoms with Crippen molar-refractivity contribution in [2.45, 2.75) is 51.2 Å². The third-order valence-electron chi connectivity index (χ3n) is 5.14. The predicted octanol–water partition coefficient (Wildman–Crippen LogP) is 4.96. The third kappa shape index (κ3) is 5.75. The summed E-state index contributed by atoms with van der Waals surface area (Å²) in [7, 11) is 1.66. The molecule has 0 aliphatic heterocycles. The smallest absolute Gasteiger partial charge is 0.234 e. The number of para-hydroxylation sites is 1. The Labute approximate surface area is 194 Å². The molecule has 1 N–H and O–H groups in total. The van der Waals surface area contributed by atoms with E-state index in [1.54, 1.807) is 19.5 Å². The first-order chi connectivity index (χ1) is 15.4. The molecule has 170 valence electrons. The molecule has 0 saturated heterocycles. The molecule has 8 heteroatoms.